The number of imide groups is 2. The zero-order valence-corrected chi connectivity index (χ0v) is 11.0. The summed E-state index contributed by atoms with van der Waals surface area (Å²) in [7, 11) is 1.55. The van der Waals surface area contributed by atoms with Crippen molar-refractivity contribution in [1.29, 1.82) is 0 Å². The van der Waals surface area contributed by atoms with Crippen LogP contribution in [0.25, 0.3) is 0 Å². The summed E-state index contributed by atoms with van der Waals surface area (Å²) in [5.74, 6) is -1.77. The Kier molecular flexibility index (Phi) is 3.79. The lowest BCUT2D eigenvalue weighted by molar-refractivity contribution is -0.132. The van der Waals surface area contributed by atoms with Gasteiger partial charge in [0, 0.05) is 5.71 Å². The summed E-state index contributed by atoms with van der Waals surface area (Å²) in [6, 6.07) is 6.03. The van der Waals surface area contributed by atoms with E-state index in [1.807, 2.05) is 10.6 Å². The number of barbiturate groups is 1. The maximum absolute atomic E-state index is 11.7. The molecule has 104 valence electrons. The number of nitrogens with zero attached hydrogens (tertiary/aromatic N) is 1. The van der Waals surface area contributed by atoms with Crippen molar-refractivity contribution in [2.24, 2.45) is 10.9 Å². The first kappa shape index (κ1) is 13.7. The molecule has 7 nitrogen and oxygen atoms in total. The normalized spacial score (nSPS) is 16.7. The second-order valence-electron chi connectivity index (χ2n) is 4.19. The van der Waals surface area contributed by atoms with Gasteiger partial charge in [-0.1, -0.05) is 0 Å². The first-order chi connectivity index (χ1) is 9.51. The van der Waals surface area contributed by atoms with E-state index in [2.05, 4.69) is 4.99 Å². The van der Waals surface area contributed by atoms with E-state index >= 15 is 0 Å². The number of nitrogens with one attached hydrogen (secondary N) is 2. The summed E-state index contributed by atoms with van der Waals surface area (Å²) in [6.45, 7) is 1.56. The number of methoxy groups -OCH3 is 1. The van der Waals surface area contributed by atoms with Crippen molar-refractivity contribution >= 4 is 29.2 Å². The van der Waals surface area contributed by atoms with Gasteiger partial charge in [0.15, 0.2) is 5.92 Å². The van der Waals surface area contributed by atoms with Crippen molar-refractivity contribution in [1.82, 2.24) is 10.6 Å². The van der Waals surface area contributed by atoms with Crippen molar-refractivity contribution in [2.75, 3.05) is 7.11 Å². The second-order valence-corrected chi connectivity index (χ2v) is 4.19. The summed E-state index contributed by atoms with van der Waals surface area (Å²) in [6.07, 6.45) is 0. The van der Waals surface area contributed by atoms with Crippen LogP contribution < -0.4 is 15.4 Å². The van der Waals surface area contributed by atoms with Crippen LogP contribution in [0.4, 0.5) is 10.5 Å². The standard InChI is InChI=1S/C13H13N3O4/c1-7(10-11(17)15-13(19)16-12(10)18)14-8-3-5-9(20-2)6-4-8/h3-6,10H,1-2H3,(H2,15,16,17,18,19). The lowest BCUT2D eigenvalue weighted by Crippen LogP contribution is -2.57. The maximum Gasteiger partial charge on any atom is 0.328 e. The molecule has 0 aliphatic carbocycles. The van der Waals surface area contributed by atoms with Crippen molar-refractivity contribution < 1.29 is 19.1 Å². The van der Waals surface area contributed by atoms with Crippen LogP contribution in [0.2, 0.25) is 0 Å². The quantitative estimate of drug-likeness (QED) is 0.629. The molecule has 2 N–H and O–H groups in total. The number of urea groups is 1. The molecule has 1 saturated heterocycles. The Bertz CT molecular complexity index is 572. The lowest BCUT2D eigenvalue weighted by atomic mass is 10.0. The van der Waals surface area contributed by atoms with Crippen LogP contribution in [0.3, 0.4) is 0 Å². The number of hydrogen-bond donors (Lipinski definition) is 2. The van der Waals surface area contributed by atoms with Crippen LogP contribution in [0.5, 0.6) is 5.75 Å². The van der Waals surface area contributed by atoms with E-state index in [1.165, 1.54) is 0 Å². The monoisotopic (exact) mass is 275 g/mol. The molecule has 0 unspecified atom stereocenters. The maximum atomic E-state index is 11.7. The predicted octanol–water partition coefficient (Wildman–Crippen LogP) is 0.770. The molecular formula is C13H13N3O4. The lowest BCUT2D eigenvalue weighted by Gasteiger charge is -2.20. The van der Waals surface area contributed by atoms with Gasteiger partial charge in [-0.05, 0) is 31.2 Å². The van der Waals surface area contributed by atoms with E-state index in [1.54, 1.807) is 38.3 Å². The molecule has 1 heterocycles. The number of aliphatic imine (C=N–C) groups is 1. The van der Waals surface area contributed by atoms with Gasteiger partial charge in [0.25, 0.3) is 0 Å². The minimum Gasteiger partial charge on any atom is -0.497 e. The molecule has 2 rings (SSSR count). The third-order valence-electron chi connectivity index (χ3n) is 2.79. The van der Waals surface area contributed by atoms with Crippen molar-refractivity contribution in [2.45, 2.75) is 6.92 Å². The topological polar surface area (TPSA) is 96.9 Å². The van der Waals surface area contributed by atoms with Gasteiger partial charge in [-0.2, -0.15) is 0 Å². The number of carbonyl (C=O) groups excluding carboxylic acids is 3. The zero-order valence-electron chi connectivity index (χ0n) is 11.0. The third kappa shape index (κ3) is 2.82. The first-order valence-corrected chi connectivity index (χ1v) is 5.86. The molecule has 0 atom stereocenters. The average molecular weight is 275 g/mol. The van der Waals surface area contributed by atoms with E-state index in [4.69, 9.17) is 4.74 Å². The molecule has 1 aliphatic rings. The highest BCUT2D eigenvalue weighted by Crippen LogP contribution is 2.19. The predicted molar refractivity (Wildman–Crippen MR) is 70.9 cm³/mol. The number of carbonyl (C=O) groups is 3. The summed E-state index contributed by atoms with van der Waals surface area (Å²) in [4.78, 5) is 38.5. The molecule has 1 aromatic rings. The van der Waals surface area contributed by atoms with Gasteiger partial charge >= 0.3 is 6.03 Å². The van der Waals surface area contributed by atoms with Crippen molar-refractivity contribution in [3.63, 3.8) is 0 Å². The van der Waals surface area contributed by atoms with Gasteiger partial charge in [-0.15, -0.1) is 0 Å². The Hall–Kier alpha value is -2.70. The molecule has 7 heteroatoms. The van der Waals surface area contributed by atoms with E-state index in [0.717, 1.165) is 0 Å². The van der Waals surface area contributed by atoms with Gasteiger partial charge in [0.2, 0.25) is 11.8 Å². The first-order valence-electron chi connectivity index (χ1n) is 5.86. The fraction of sp³-hybridized carbons (Fsp3) is 0.231. The number of benzene rings is 1. The van der Waals surface area contributed by atoms with E-state index < -0.39 is 23.8 Å². The molecule has 0 saturated carbocycles. The van der Waals surface area contributed by atoms with Crippen LogP contribution in [0.15, 0.2) is 29.3 Å². The van der Waals surface area contributed by atoms with E-state index in [-0.39, 0.29) is 0 Å². The van der Waals surface area contributed by atoms with Crippen LogP contribution in [-0.2, 0) is 9.59 Å². The summed E-state index contributed by atoms with van der Waals surface area (Å²) >= 11 is 0. The smallest absolute Gasteiger partial charge is 0.328 e. The van der Waals surface area contributed by atoms with Crippen LogP contribution in [0, 0.1) is 5.92 Å². The van der Waals surface area contributed by atoms with Gasteiger partial charge in [0.1, 0.15) is 5.75 Å². The Morgan fingerprint density at radius 3 is 2.15 bits per heavy atom. The SMILES string of the molecule is COc1ccc(N=C(C)C2C(=O)NC(=O)NC2=O)cc1. The number of rotatable bonds is 3. The fourth-order valence-corrected chi connectivity index (χ4v) is 1.82. The van der Waals surface area contributed by atoms with Crippen LogP contribution in [-0.4, -0.2) is 30.7 Å². The average Bonchev–Trinajstić information content (AvgIpc) is 2.38. The summed E-state index contributed by atoms with van der Waals surface area (Å²) in [5, 5.41) is 4.07. The molecule has 0 spiro atoms. The molecule has 1 aromatic carbocycles. The number of amides is 4. The van der Waals surface area contributed by atoms with Crippen molar-refractivity contribution in [3.05, 3.63) is 24.3 Å². The highest BCUT2D eigenvalue weighted by molar-refractivity contribution is 6.27. The minimum absolute atomic E-state index is 0.303. The largest absolute Gasteiger partial charge is 0.497 e. The minimum atomic E-state index is -1.10. The van der Waals surface area contributed by atoms with Gasteiger partial charge in [0.05, 0.1) is 12.8 Å². The number of ether oxygens (including phenoxy) is 1. The second kappa shape index (κ2) is 5.52. The van der Waals surface area contributed by atoms with Crippen LogP contribution in [0.1, 0.15) is 6.92 Å². The fourth-order valence-electron chi connectivity index (χ4n) is 1.82. The van der Waals surface area contributed by atoms with Gasteiger partial charge in [-0.25, -0.2) is 4.79 Å². The van der Waals surface area contributed by atoms with Crippen molar-refractivity contribution in [3.8, 4) is 5.75 Å². The van der Waals surface area contributed by atoms with E-state index in [0.29, 0.717) is 17.1 Å². The Morgan fingerprint density at radius 1 is 1.10 bits per heavy atom. The third-order valence-corrected chi connectivity index (χ3v) is 2.79. The molecule has 0 bridgehead atoms. The van der Waals surface area contributed by atoms with E-state index in [9.17, 15) is 14.4 Å². The summed E-state index contributed by atoms with van der Waals surface area (Å²) < 4.78 is 5.02. The summed E-state index contributed by atoms with van der Waals surface area (Å²) in [5.41, 5.74) is 0.887. The highest BCUT2D eigenvalue weighted by atomic mass is 16.5. The van der Waals surface area contributed by atoms with Gasteiger partial charge in [-0.3, -0.25) is 25.2 Å². The van der Waals surface area contributed by atoms with Crippen LogP contribution >= 0.6 is 0 Å². The molecule has 1 fully saturated rings. The molecule has 4 amide bonds. The number of hydrogen-bond acceptors (Lipinski definition) is 5. The molecule has 0 radical (unpaired) electrons. The molecule has 1 aliphatic heterocycles. The van der Waals surface area contributed by atoms with Gasteiger partial charge < -0.3 is 4.74 Å². The zero-order chi connectivity index (χ0) is 14.7. The Morgan fingerprint density at radius 2 is 1.65 bits per heavy atom. The molecule has 20 heavy (non-hydrogen) atoms. The highest BCUT2D eigenvalue weighted by Gasteiger charge is 2.36. The molecular weight excluding hydrogens is 262 g/mol. The molecule has 0 aromatic heterocycles. The Labute approximate surface area is 115 Å². The Balaban J connectivity index is 2.22.